The first-order chi connectivity index (χ1) is 10.8. The van der Waals surface area contributed by atoms with E-state index in [9.17, 15) is 4.57 Å². The SMILES string of the molecule is O=P(O)(O)CCCCn1c2ccc(Cl)cc2c2cc(Cl)ccc21. The molecule has 3 aromatic rings. The fraction of sp³-hybridized carbons (Fsp3) is 0.250. The molecule has 0 fully saturated rings. The van der Waals surface area contributed by atoms with Crippen molar-refractivity contribution in [1.29, 1.82) is 0 Å². The molecule has 0 unspecified atom stereocenters. The minimum atomic E-state index is -3.93. The lowest BCUT2D eigenvalue weighted by molar-refractivity contribution is 0.370. The van der Waals surface area contributed by atoms with E-state index in [4.69, 9.17) is 33.0 Å². The van der Waals surface area contributed by atoms with Crippen molar-refractivity contribution in [3.05, 3.63) is 46.4 Å². The van der Waals surface area contributed by atoms with E-state index in [1.807, 2.05) is 36.4 Å². The van der Waals surface area contributed by atoms with Gasteiger partial charge in [0.05, 0.1) is 0 Å². The summed E-state index contributed by atoms with van der Waals surface area (Å²) in [4.78, 5) is 17.9. The van der Waals surface area contributed by atoms with Crippen LogP contribution in [0.5, 0.6) is 0 Å². The van der Waals surface area contributed by atoms with E-state index in [1.54, 1.807) is 0 Å². The van der Waals surface area contributed by atoms with Gasteiger partial charge in [-0.15, -0.1) is 0 Å². The van der Waals surface area contributed by atoms with Crippen LogP contribution in [-0.2, 0) is 11.1 Å². The maximum absolute atomic E-state index is 11.0. The molecule has 0 atom stereocenters. The second-order valence-corrected chi connectivity index (χ2v) is 8.22. The normalized spacial score (nSPS) is 12.3. The van der Waals surface area contributed by atoms with Gasteiger partial charge in [-0.1, -0.05) is 23.2 Å². The molecule has 23 heavy (non-hydrogen) atoms. The highest BCUT2D eigenvalue weighted by Gasteiger charge is 2.14. The average molecular weight is 372 g/mol. The highest BCUT2D eigenvalue weighted by atomic mass is 35.5. The number of halogens is 2. The molecule has 0 spiro atoms. The van der Waals surface area contributed by atoms with E-state index >= 15 is 0 Å². The van der Waals surface area contributed by atoms with Crippen LogP contribution in [0.15, 0.2) is 36.4 Å². The number of benzene rings is 2. The first kappa shape index (κ1) is 16.8. The summed E-state index contributed by atoms with van der Waals surface area (Å²) in [6, 6.07) is 11.5. The molecular formula is C16H16Cl2NO3P. The molecule has 0 aliphatic heterocycles. The van der Waals surface area contributed by atoms with Crippen molar-refractivity contribution in [2.24, 2.45) is 0 Å². The highest BCUT2D eigenvalue weighted by molar-refractivity contribution is 7.51. The Kier molecular flexibility index (Phi) is 4.73. The number of nitrogens with zero attached hydrogens (tertiary/aromatic N) is 1. The summed E-state index contributed by atoms with van der Waals surface area (Å²) in [5.41, 5.74) is 2.09. The van der Waals surface area contributed by atoms with Gasteiger partial charge in [0.1, 0.15) is 0 Å². The molecule has 4 nitrogen and oxygen atoms in total. The summed E-state index contributed by atoms with van der Waals surface area (Å²) in [5.74, 6) is 0. The van der Waals surface area contributed by atoms with Gasteiger partial charge in [-0.25, -0.2) is 0 Å². The van der Waals surface area contributed by atoms with Crippen LogP contribution in [0.25, 0.3) is 21.8 Å². The second kappa shape index (κ2) is 6.46. The maximum Gasteiger partial charge on any atom is 0.325 e. The molecule has 2 N–H and O–H groups in total. The quantitative estimate of drug-likeness (QED) is 0.486. The van der Waals surface area contributed by atoms with Crippen molar-refractivity contribution in [3.8, 4) is 0 Å². The summed E-state index contributed by atoms with van der Waals surface area (Å²) in [6.07, 6.45) is 1.09. The maximum atomic E-state index is 11.0. The molecule has 0 radical (unpaired) electrons. The Bertz CT molecular complexity index is 857. The lowest BCUT2D eigenvalue weighted by Crippen LogP contribution is -1.99. The molecule has 1 heterocycles. The molecule has 0 saturated heterocycles. The van der Waals surface area contributed by atoms with Crippen molar-refractivity contribution >= 4 is 52.6 Å². The molecule has 2 aromatic carbocycles. The Labute approximate surface area is 143 Å². The summed E-state index contributed by atoms with van der Waals surface area (Å²) in [5, 5.41) is 3.39. The van der Waals surface area contributed by atoms with Gasteiger partial charge in [-0.2, -0.15) is 0 Å². The minimum Gasteiger partial charge on any atom is -0.340 e. The first-order valence-corrected chi connectivity index (χ1v) is 9.82. The zero-order valence-corrected chi connectivity index (χ0v) is 14.7. The topological polar surface area (TPSA) is 62.5 Å². The van der Waals surface area contributed by atoms with E-state index < -0.39 is 7.60 Å². The number of rotatable bonds is 5. The summed E-state index contributed by atoms with van der Waals surface area (Å²) < 4.78 is 13.1. The van der Waals surface area contributed by atoms with E-state index in [2.05, 4.69) is 4.57 Å². The van der Waals surface area contributed by atoms with Gasteiger partial charge in [-0.05, 0) is 49.2 Å². The predicted octanol–water partition coefficient (Wildman–Crippen LogP) is 5.06. The molecule has 0 bridgehead atoms. The smallest absolute Gasteiger partial charge is 0.325 e. The number of aryl methyl sites for hydroxylation is 1. The van der Waals surface area contributed by atoms with Crippen molar-refractivity contribution in [2.75, 3.05) is 6.16 Å². The van der Waals surface area contributed by atoms with E-state index in [0.717, 1.165) is 21.8 Å². The molecule has 0 aliphatic rings. The van der Waals surface area contributed by atoms with Crippen molar-refractivity contribution in [1.82, 2.24) is 4.57 Å². The molecule has 122 valence electrons. The zero-order chi connectivity index (χ0) is 16.6. The number of unbranched alkanes of at least 4 members (excludes halogenated alkanes) is 1. The van der Waals surface area contributed by atoms with Crippen LogP contribution in [0.1, 0.15) is 12.8 Å². The minimum absolute atomic E-state index is 0.0816. The monoisotopic (exact) mass is 371 g/mol. The Morgan fingerprint density at radius 2 is 1.43 bits per heavy atom. The van der Waals surface area contributed by atoms with Crippen LogP contribution in [0, 0.1) is 0 Å². The van der Waals surface area contributed by atoms with E-state index in [1.165, 1.54) is 0 Å². The van der Waals surface area contributed by atoms with E-state index in [0.29, 0.717) is 29.4 Å². The zero-order valence-electron chi connectivity index (χ0n) is 12.2. The fourth-order valence-corrected chi connectivity index (χ4v) is 3.86. The van der Waals surface area contributed by atoms with Crippen LogP contribution < -0.4 is 0 Å². The van der Waals surface area contributed by atoms with E-state index in [-0.39, 0.29) is 6.16 Å². The van der Waals surface area contributed by atoms with Crippen LogP contribution in [0.2, 0.25) is 10.0 Å². The predicted molar refractivity (Wildman–Crippen MR) is 95.6 cm³/mol. The fourth-order valence-electron chi connectivity index (χ4n) is 2.88. The Morgan fingerprint density at radius 1 is 0.913 bits per heavy atom. The van der Waals surface area contributed by atoms with Crippen LogP contribution >= 0.6 is 30.8 Å². The van der Waals surface area contributed by atoms with Crippen LogP contribution in [-0.4, -0.2) is 20.5 Å². The van der Waals surface area contributed by atoms with Gasteiger partial charge < -0.3 is 14.4 Å². The molecule has 0 saturated carbocycles. The Hall–Kier alpha value is -1.03. The van der Waals surface area contributed by atoms with Crippen LogP contribution in [0.3, 0.4) is 0 Å². The first-order valence-electron chi connectivity index (χ1n) is 7.27. The second-order valence-electron chi connectivity index (χ2n) is 5.57. The van der Waals surface area contributed by atoms with Crippen molar-refractivity contribution in [3.63, 3.8) is 0 Å². The molecule has 1 aromatic heterocycles. The number of hydrogen-bond acceptors (Lipinski definition) is 1. The Morgan fingerprint density at radius 3 is 1.91 bits per heavy atom. The van der Waals surface area contributed by atoms with Crippen molar-refractivity contribution in [2.45, 2.75) is 19.4 Å². The molecule has 7 heteroatoms. The van der Waals surface area contributed by atoms with Gasteiger partial charge >= 0.3 is 7.60 Å². The number of hydrogen-bond donors (Lipinski definition) is 2. The number of fused-ring (bicyclic) bond motifs is 3. The molecule has 0 aliphatic carbocycles. The third-order valence-corrected chi connectivity index (χ3v) is 5.24. The van der Waals surface area contributed by atoms with Gasteiger partial charge in [0.15, 0.2) is 0 Å². The van der Waals surface area contributed by atoms with Gasteiger partial charge in [0.2, 0.25) is 0 Å². The van der Waals surface area contributed by atoms with Gasteiger partial charge in [-0.3, -0.25) is 4.57 Å². The third-order valence-electron chi connectivity index (χ3n) is 3.87. The molecular weight excluding hydrogens is 356 g/mol. The standard InChI is InChI=1S/C16H16Cl2NO3P/c17-11-3-5-15-13(9-11)14-10-12(18)4-6-16(14)19(15)7-1-2-8-23(20,21)22/h3-6,9-10H,1-2,7-8H2,(H2,20,21,22). The molecule has 0 amide bonds. The summed E-state index contributed by atoms with van der Waals surface area (Å²) in [7, 11) is -3.93. The van der Waals surface area contributed by atoms with Crippen LogP contribution in [0.4, 0.5) is 0 Å². The van der Waals surface area contributed by atoms with Gasteiger partial charge in [0, 0.05) is 44.6 Å². The largest absolute Gasteiger partial charge is 0.340 e. The number of aromatic nitrogens is 1. The Balaban J connectivity index is 1.99. The van der Waals surface area contributed by atoms with Gasteiger partial charge in [0.25, 0.3) is 0 Å². The third kappa shape index (κ3) is 3.73. The lowest BCUT2D eigenvalue weighted by Gasteiger charge is -2.08. The highest BCUT2D eigenvalue weighted by Crippen LogP contribution is 2.36. The lowest BCUT2D eigenvalue weighted by atomic mass is 10.1. The average Bonchev–Trinajstić information content (AvgIpc) is 2.75. The van der Waals surface area contributed by atoms with Crippen molar-refractivity contribution < 1.29 is 14.4 Å². The summed E-state index contributed by atoms with van der Waals surface area (Å²) in [6.45, 7) is 0.684. The molecule has 3 rings (SSSR count). The summed E-state index contributed by atoms with van der Waals surface area (Å²) >= 11 is 12.2.